The number of halogens is 3. The summed E-state index contributed by atoms with van der Waals surface area (Å²) >= 11 is 1.52. The van der Waals surface area contributed by atoms with Gasteiger partial charge >= 0.3 is 12.1 Å². The second-order valence-electron chi connectivity index (χ2n) is 6.46. The van der Waals surface area contributed by atoms with Gasteiger partial charge in [-0.25, -0.2) is 9.78 Å². The first-order valence-corrected chi connectivity index (χ1v) is 10.5. The van der Waals surface area contributed by atoms with E-state index in [9.17, 15) is 22.8 Å². The number of hydrogen-bond acceptors (Lipinski definition) is 6. The Morgan fingerprint density at radius 1 is 1.03 bits per heavy atom. The first kappa shape index (κ1) is 23.1. The zero-order valence-corrected chi connectivity index (χ0v) is 17.6. The van der Waals surface area contributed by atoms with Crippen molar-refractivity contribution in [2.24, 2.45) is 0 Å². The highest BCUT2D eigenvalue weighted by molar-refractivity contribution is 7.98. The topological polar surface area (TPSA) is 80.3 Å². The lowest BCUT2D eigenvalue weighted by Crippen LogP contribution is -2.21. The van der Waals surface area contributed by atoms with Crippen LogP contribution >= 0.6 is 11.8 Å². The number of alkyl halides is 3. The van der Waals surface area contributed by atoms with Gasteiger partial charge in [0, 0.05) is 22.5 Å². The van der Waals surface area contributed by atoms with Crippen molar-refractivity contribution < 1.29 is 27.5 Å². The molecule has 2 aromatic carbocycles. The Morgan fingerprint density at radius 2 is 1.78 bits per heavy atom. The van der Waals surface area contributed by atoms with Crippen LogP contribution in [-0.4, -0.2) is 29.7 Å². The van der Waals surface area contributed by atoms with Gasteiger partial charge in [-0.2, -0.15) is 13.2 Å². The van der Waals surface area contributed by atoms with Crippen LogP contribution in [0.1, 0.15) is 15.9 Å². The van der Waals surface area contributed by atoms with E-state index < -0.39 is 30.2 Å². The van der Waals surface area contributed by atoms with E-state index in [1.807, 2.05) is 12.3 Å². The number of aromatic nitrogens is 1. The number of nitrogens with one attached hydrogen (secondary N) is 2. The molecule has 1 heterocycles. The quantitative estimate of drug-likeness (QED) is 0.364. The molecular formula is C22H18F3N3O3S. The Hall–Kier alpha value is -3.53. The SMILES string of the molecule is CSc1cccc(NC(=O)COC(=O)c2cccnc2Nc2cccc(C(F)(F)F)c2)c1. The second kappa shape index (κ2) is 10.2. The molecule has 0 spiro atoms. The summed E-state index contributed by atoms with van der Waals surface area (Å²) in [5.74, 6) is -1.38. The van der Waals surface area contributed by atoms with Crippen LogP contribution < -0.4 is 10.6 Å². The number of amides is 1. The number of benzene rings is 2. The summed E-state index contributed by atoms with van der Waals surface area (Å²) in [6, 6.07) is 14.5. The molecule has 6 nitrogen and oxygen atoms in total. The monoisotopic (exact) mass is 461 g/mol. The molecule has 3 rings (SSSR count). The summed E-state index contributed by atoms with van der Waals surface area (Å²) in [5.41, 5.74) is -0.211. The van der Waals surface area contributed by atoms with Crippen molar-refractivity contribution in [3.05, 3.63) is 78.0 Å². The number of carbonyl (C=O) groups excluding carboxylic acids is 2. The first-order chi connectivity index (χ1) is 15.3. The summed E-state index contributed by atoms with van der Waals surface area (Å²) in [4.78, 5) is 29.6. The van der Waals surface area contributed by atoms with Crippen molar-refractivity contribution in [2.75, 3.05) is 23.5 Å². The summed E-state index contributed by atoms with van der Waals surface area (Å²) in [7, 11) is 0. The molecule has 0 saturated carbocycles. The number of rotatable bonds is 7. The van der Waals surface area contributed by atoms with Gasteiger partial charge in [0.25, 0.3) is 5.91 Å². The van der Waals surface area contributed by atoms with Gasteiger partial charge in [-0.15, -0.1) is 11.8 Å². The van der Waals surface area contributed by atoms with Gasteiger partial charge in [-0.05, 0) is 54.8 Å². The maximum Gasteiger partial charge on any atom is 0.416 e. The number of pyridine rings is 1. The van der Waals surface area contributed by atoms with Crippen LogP contribution in [0.15, 0.2) is 71.8 Å². The third-order valence-electron chi connectivity index (χ3n) is 4.17. The first-order valence-electron chi connectivity index (χ1n) is 9.26. The number of hydrogen-bond donors (Lipinski definition) is 2. The van der Waals surface area contributed by atoms with Crippen molar-refractivity contribution in [1.82, 2.24) is 4.98 Å². The average molecular weight is 461 g/mol. The maximum absolute atomic E-state index is 12.9. The van der Waals surface area contributed by atoms with Crippen molar-refractivity contribution in [2.45, 2.75) is 11.1 Å². The van der Waals surface area contributed by atoms with E-state index in [1.165, 1.54) is 42.2 Å². The maximum atomic E-state index is 12.9. The highest BCUT2D eigenvalue weighted by Crippen LogP contribution is 2.31. The molecule has 0 fully saturated rings. The Labute approximate surface area is 186 Å². The molecule has 0 aliphatic rings. The third kappa shape index (κ3) is 6.24. The van der Waals surface area contributed by atoms with Crippen molar-refractivity contribution in [1.29, 1.82) is 0 Å². The van der Waals surface area contributed by atoms with Gasteiger partial charge < -0.3 is 15.4 Å². The molecule has 3 aromatic rings. The minimum atomic E-state index is -4.51. The zero-order valence-electron chi connectivity index (χ0n) is 16.8. The summed E-state index contributed by atoms with van der Waals surface area (Å²) in [6.45, 7) is -0.541. The number of anilines is 3. The smallest absolute Gasteiger partial charge is 0.416 e. The number of ether oxygens (including phenoxy) is 1. The van der Waals surface area contributed by atoms with E-state index >= 15 is 0 Å². The van der Waals surface area contributed by atoms with Crippen LogP contribution in [0.2, 0.25) is 0 Å². The lowest BCUT2D eigenvalue weighted by Gasteiger charge is -2.13. The molecule has 0 atom stereocenters. The fourth-order valence-electron chi connectivity index (χ4n) is 2.69. The molecule has 0 aliphatic carbocycles. The molecule has 0 radical (unpaired) electrons. The Bertz CT molecular complexity index is 1120. The van der Waals surface area contributed by atoms with E-state index in [-0.39, 0.29) is 17.1 Å². The largest absolute Gasteiger partial charge is 0.452 e. The molecule has 166 valence electrons. The minimum Gasteiger partial charge on any atom is -0.452 e. The summed E-state index contributed by atoms with van der Waals surface area (Å²) in [5, 5.41) is 5.32. The van der Waals surface area contributed by atoms with E-state index in [1.54, 1.807) is 18.2 Å². The summed E-state index contributed by atoms with van der Waals surface area (Å²) in [6.07, 6.45) is -1.23. The van der Waals surface area contributed by atoms with Gasteiger partial charge in [-0.1, -0.05) is 12.1 Å². The van der Waals surface area contributed by atoms with Crippen LogP contribution in [0.25, 0.3) is 0 Å². The fourth-order valence-corrected chi connectivity index (χ4v) is 3.15. The van der Waals surface area contributed by atoms with Gasteiger partial charge in [0.2, 0.25) is 0 Å². The Kier molecular flexibility index (Phi) is 7.37. The van der Waals surface area contributed by atoms with E-state index in [4.69, 9.17) is 4.74 Å². The van der Waals surface area contributed by atoms with E-state index in [0.717, 1.165) is 17.0 Å². The standard InChI is InChI=1S/C22H18F3N3O3S/c1-32-17-8-3-7-16(12-17)27-19(29)13-31-21(30)18-9-4-10-26-20(18)28-15-6-2-5-14(11-15)22(23,24)25/h2-12H,13H2,1H3,(H,26,28)(H,27,29). The molecule has 0 saturated heterocycles. The summed E-state index contributed by atoms with van der Waals surface area (Å²) < 4.78 is 43.9. The third-order valence-corrected chi connectivity index (χ3v) is 4.89. The van der Waals surface area contributed by atoms with Crippen LogP contribution in [0.3, 0.4) is 0 Å². The molecule has 2 N–H and O–H groups in total. The molecule has 1 amide bonds. The second-order valence-corrected chi connectivity index (χ2v) is 7.34. The predicted octanol–water partition coefficient (Wildman–Crippen LogP) is 5.36. The van der Waals surface area contributed by atoms with Crippen LogP contribution in [0.4, 0.5) is 30.4 Å². The number of nitrogens with zero attached hydrogens (tertiary/aromatic N) is 1. The van der Waals surface area contributed by atoms with Crippen molar-refractivity contribution in [3.63, 3.8) is 0 Å². The highest BCUT2D eigenvalue weighted by atomic mass is 32.2. The van der Waals surface area contributed by atoms with Gasteiger partial charge in [0.05, 0.1) is 5.56 Å². The Morgan fingerprint density at radius 3 is 2.53 bits per heavy atom. The lowest BCUT2D eigenvalue weighted by atomic mass is 10.2. The van der Waals surface area contributed by atoms with E-state index in [2.05, 4.69) is 15.6 Å². The number of thioether (sulfide) groups is 1. The molecule has 32 heavy (non-hydrogen) atoms. The van der Waals surface area contributed by atoms with Gasteiger partial charge in [0.15, 0.2) is 6.61 Å². The van der Waals surface area contributed by atoms with Crippen LogP contribution in [0.5, 0.6) is 0 Å². The van der Waals surface area contributed by atoms with Crippen LogP contribution in [-0.2, 0) is 15.7 Å². The molecule has 0 unspecified atom stereocenters. The van der Waals surface area contributed by atoms with E-state index in [0.29, 0.717) is 5.69 Å². The van der Waals surface area contributed by atoms with Crippen molar-refractivity contribution >= 4 is 40.8 Å². The number of esters is 1. The zero-order chi connectivity index (χ0) is 23.1. The molecule has 10 heteroatoms. The van der Waals surface area contributed by atoms with Crippen molar-refractivity contribution in [3.8, 4) is 0 Å². The molecule has 1 aromatic heterocycles. The number of carbonyl (C=O) groups is 2. The molecule has 0 aliphatic heterocycles. The fraction of sp³-hybridized carbons (Fsp3) is 0.136. The Balaban J connectivity index is 1.66. The lowest BCUT2D eigenvalue weighted by molar-refractivity contribution is -0.137. The highest BCUT2D eigenvalue weighted by Gasteiger charge is 2.30. The minimum absolute atomic E-state index is 0.00454. The predicted molar refractivity (Wildman–Crippen MR) is 116 cm³/mol. The van der Waals surface area contributed by atoms with Gasteiger partial charge in [0.1, 0.15) is 11.4 Å². The van der Waals surface area contributed by atoms with Gasteiger partial charge in [-0.3, -0.25) is 4.79 Å². The van der Waals surface area contributed by atoms with Crippen LogP contribution in [0, 0.1) is 0 Å². The average Bonchev–Trinajstić information content (AvgIpc) is 2.77. The normalized spacial score (nSPS) is 11.0. The molecule has 0 bridgehead atoms. The molecular weight excluding hydrogens is 443 g/mol.